The Morgan fingerprint density at radius 3 is 2.61 bits per heavy atom. The Labute approximate surface area is 221 Å². The van der Waals surface area contributed by atoms with Crippen molar-refractivity contribution in [2.24, 2.45) is 0 Å². The molecule has 0 bridgehead atoms. The molecule has 1 amide bonds. The molecule has 38 heavy (non-hydrogen) atoms. The first-order chi connectivity index (χ1) is 18.1. The Balaban J connectivity index is 1.42. The molecule has 2 aliphatic heterocycles. The first kappa shape index (κ1) is 25.9. The molecular weight excluding hydrogens is 524 g/mol. The highest BCUT2D eigenvalue weighted by atomic mass is 32.1. The first-order valence-electron chi connectivity index (χ1n) is 11.8. The summed E-state index contributed by atoms with van der Waals surface area (Å²) in [4.78, 5) is 19.7. The van der Waals surface area contributed by atoms with Crippen molar-refractivity contribution < 1.29 is 27.1 Å². The molecule has 198 valence electrons. The lowest BCUT2D eigenvalue weighted by Crippen LogP contribution is -2.55. The molecule has 0 radical (unpaired) electrons. The van der Waals surface area contributed by atoms with Crippen LogP contribution in [0.5, 0.6) is 5.75 Å². The van der Waals surface area contributed by atoms with Crippen LogP contribution in [0.1, 0.15) is 36.9 Å². The Hall–Kier alpha value is -3.76. The second kappa shape index (κ2) is 9.52. The Bertz CT molecular complexity index is 1380. The van der Waals surface area contributed by atoms with Gasteiger partial charge in [-0.15, -0.1) is 0 Å². The molecule has 1 saturated carbocycles. The fourth-order valence-corrected chi connectivity index (χ4v) is 5.38. The van der Waals surface area contributed by atoms with Gasteiger partial charge < -0.3 is 14.6 Å². The van der Waals surface area contributed by atoms with Crippen molar-refractivity contribution in [1.82, 2.24) is 15.4 Å². The molecule has 8 nitrogen and oxygen atoms in total. The number of benzene rings is 1. The van der Waals surface area contributed by atoms with Crippen LogP contribution in [0, 0.1) is 17.1 Å². The highest BCUT2D eigenvalue weighted by molar-refractivity contribution is 7.81. The number of nitrogens with zero attached hydrogens (tertiary/aromatic N) is 5. The van der Waals surface area contributed by atoms with E-state index in [4.69, 9.17) is 22.2 Å². The van der Waals surface area contributed by atoms with Gasteiger partial charge in [0.1, 0.15) is 11.6 Å². The van der Waals surface area contributed by atoms with Crippen molar-refractivity contribution in [3.05, 3.63) is 59.3 Å². The predicted octanol–water partition coefficient (Wildman–Crippen LogP) is 4.27. The van der Waals surface area contributed by atoms with Crippen molar-refractivity contribution in [1.29, 1.82) is 5.26 Å². The van der Waals surface area contributed by atoms with Gasteiger partial charge in [0.2, 0.25) is 0 Å². The van der Waals surface area contributed by atoms with Gasteiger partial charge in [0.15, 0.2) is 22.4 Å². The molecule has 0 atom stereocenters. The van der Waals surface area contributed by atoms with E-state index in [2.05, 4.69) is 10.4 Å². The average Bonchev–Trinajstić information content (AvgIpc) is 3.36. The van der Waals surface area contributed by atoms with Crippen LogP contribution in [0.4, 0.5) is 28.9 Å². The molecular formula is C25H22F4N6O2S. The lowest BCUT2D eigenvalue weighted by atomic mass is 9.75. The Kier molecular flexibility index (Phi) is 6.48. The quantitative estimate of drug-likeness (QED) is 0.425. The van der Waals surface area contributed by atoms with Crippen molar-refractivity contribution >= 4 is 34.6 Å². The summed E-state index contributed by atoms with van der Waals surface area (Å²) in [6.07, 6.45) is 0.235. The second-order valence-corrected chi connectivity index (χ2v) is 9.54. The molecule has 1 saturated heterocycles. The summed E-state index contributed by atoms with van der Waals surface area (Å²) < 4.78 is 61.3. The monoisotopic (exact) mass is 546 g/mol. The fourth-order valence-electron chi connectivity index (χ4n) is 4.91. The number of hydrogen-bond acceptors (Lipinski definition) is 7. The molecule has 2 aromatic rings. The summed E-state index contributed by atoms with van der Waals surface area (Å²) >= 11 is 5.55. The third-order valence-electron chi connectivity index (χ3n) is 7.02. The van der Waals surface area contributed by atoms with Crippen LogP contribution in [0.3, 0.4) is 0 Å². The number of pyridine rings is 1. The number of hydrazine groups is 1. The number of ether oxygens (including phenoxy) is 1. The summed E-state index contributed by atoms with van der Waals surface area (Å²) in [5, 5.41) is 10.8. The molecule has 1 spiro atoms. The number of aromatic nitrogens is 1. The summed E-state index contributed by atoms with van der Waals surface area (Å²) in [5.74, 6) is -1.14. The standard InChI is InChI=1S/C25H22F4N6O2S/c1-33-15(5-9-32-33)6-10-37-21-4-3-16(12-19(21)26)35-23(38)34(22(36)24(35)7-2-8-24)17-11-18(25(27,28)29)20(13-30)31-14-17/h3-5,11-12,14,32H,2,6-10H2,1H3. The zero-order valence-corrected chi connectivity index (χ0v) is 21.0. The third-order valence-corrected chi connectivity index (χ3v) is 7.39. The van der Waals surface area contributed by atoms with Gasteiger partial charge in [0.05, 0.1) is 24.1 Å². The van der Waals surface area contributed by atoms with Gasteiger partial charge in [-0.3, -0.25) is 9.69 Å². The number of carbonyl (C=O) groups excluding carboxylic acids is 1. The molecule has 1 aromatic heterocycles. The number of amides is 1. The summed E-state index contributed by atoms with van der Waals surface area (Å²) in [6, 6.07) is 6.34. The van der Waals surface area contributed by atoms with Crippen LogP contribution in [-0.2, 0) is 11.0 Å². The highest BCUT2D eigenvalue weighted by Gasteiger charge is 2.59. The predicted molar refractivity (Wildman–Crippen MR) is 133 cm³/mol. The molecule has 2 fully saturated rings. The lowest BCUT2D eigenvalue weighted by Gasteiger charge is -2.43. The van der Waals surface area contributed by atoms with E-state index in [1.165, 1.54) is 23.1 Å². The van der Waals surface area contributed by atoms with Gasteiger partial charge in [0, 0.05) is 37.5 Å². The Morgan fingerprint density at radius 1 is 1.26 bits per heavy atom. The van der Waals surface area contributed by atoms with E-state index in [1.807, 2.05) is 18.1 Å². The van der Waals surface area contributed by atoms with E-state index < -0.39 is 34.7 Å². The first-order valence-corrected chi connectivity index (χ1v) is 12.2. The number of anilines is 2. The number of nitriles is 1. The topological polar surface area (TPSA) is 84.7 Å². The molecule has 1 aromatic carbocycles. The number of hydrogen-bond donors (Lipinski definition) is 1. The van der Waals surface area contributed by atoms with Crippen LogP contribution in [0.2, 0.25) is 0 Å². The summed E-state index contributed by atoms with van der Waals surface area (Å²) in [7, 11) is 1.88. The number of thiocarbonyl (C=S) groups is 1. The second-order valence-electron chi connectivity index (χ2n) is 9.17. The zero-order valence-electron chi connectivity index (χ0n) is 20.2. The van der Waals surface area contributed by atoms with E-state index in [-0.39, 0.29) is 28.8 Å². The SMILES string of the molecule is CN1NCC=C1CCOc1ccc(N2C(=S)N(c3cnc(C#N)c(C(F)(F)F)c3)C(=O)C23CCC3)cc1F. The molecule has 1 N–H and O–H groups in total. The zero-order chi connectivity index (χ0) is 27.2. The van der Waals surface area contributed by atoms with E-state index in [1.54, 1.807) is 6.07 Å². The van der Waals surface area contributed by atoms with Crippen LogP contribution < -0.4 is 20.0 Å². The van der Waals surface area contributed by atoms with E-state index >= 15 is 4.39 Å². The van der Waals surface area contributed by atoms with Crippen molar-refractivity contribution in [3.8, 4) is 11.8 Å². The molecule has 0 unspecified atom stereocenters. The van der Waals surface area contributed by atoms with Crippen LogP contribution in [-0.4, -0.2) is 46.8 Å². The van der Waals surface area contributed by atoms with Gasteiger partial charge in [-0.05, 0) is 55.8 Å². The van der Waals surface area contributed by atoms with Crippen molar-refractivity contribution in [3.63, 3.8) is 0 Å². The molecule has 3 heterocycles. The van der Waals surface area contributed by atoms with E-state index in [0.29, 0.717) is 31.7 Å². The maximum Gasteiger partial charge on any atom is 0.419 e. The van der Waals surface area contributed by atoms with Gasteiger partial charge in [0.25, 0.3) is 5.91 Å². The highest BCUT2D eigenvalue weighted by Crippen LogP contribution is 2.48. The smallest absolute Gasteiger partial charge is 0.419 e. The number of alkyl halides is 3. The van der Waals surface area contributed by atoms with Crippen molar-refractivity contribution in [2.45, 2.75) is 37.4 Å². The van der Waals surface area contributed by atoms with Gasteiger partial charge in [-0.2, -0.15) is 18.4 Å². The molecule has 1 aliphatic carbocycles. The molecule has 13 heteroatoms. The van der Waals surface area contributed by atoms with Crippen molar-refractivity contribution in [2.75, 3.05) is 30.0 Å². The van der Waals surface area contributed by atoms with Crippen LogP contribution in [0.25, 0.3) is 0 Å². The van der Waals surface area contributed by atoms with Crippen LogP contribution >= 0.6 is 12.2 Å². The summed E-state index contributed by atoms with van der Waals surface area (Å²) in [6.45, 7) is 0.970. The van der Waals surface area contributed by atoms with Gasteiger partial charge in [-0.25, -0.2) is 14.8 Å². The summed E-state index contributed by atoms with van der Waals surface area (Å²) in [5.41, 5.74) is 1.02. The molecule has 3 aliphatic rings. The third kappa shape index (κ3) is 4.23. The van der Waals surface area contributed by atoms with Crippen LogP contribution in [0.15, 0.2) is 42.2 Å². The maximum absolute atomic E-state index is 15.1. The Morgan fingerprint density at radius 2 is 2.03 bits per heavy atom. The minimum Gasteiger partial charge on any atom is -0.490 e. The number of rotatable bonds is 6. The lowest BCUT2D eigenvalue weighted by molar-refractivity contribution is -0.138. The maximum atomic E-state index is 15.1. The normalized spacial score (nSPS) is 18.6. The molecule has 5 rings (SSSR count). The minimum atomic E-state index is -4.86. The number of carbonyl (C=O) groups is 1. The van der Waals surface area contributed by atoms with E-state index in [9.17, 15) is 18.0 Å². The fraction of sp³-hybridized carbons (Fsp3) is 0.360. The van der Waals surface area contributed by atoms with Gasteiger partial charge in [-0.1, -0.05) is 0 Å². The number of nitrogens with one attached hydrogen (secondary N) is 1. The largest absolute Gasteiger partial charge is 0.490 e. The number of halogens is 4. The minimum absolute atomic E-state index is 0.0324. The van der Waals surface area contributed by atoms with E-state index in [0.717, 1.165) is 23.3 Å². The van der Waals surface area contributed by atoms with Gasteiger partial charge >= 0.3 is 6.18 Å². The average molecular weight is 547 g/mol.